The molecule has 1 heterocycles. The molecule has 1 atom stereocenters. The number of hydrogen-bond donors (Lipinski definition) is 2. The molecule has 1 fully saturated rings. The Morgan fingerprint density at radius 1 is 1.00 bits per heavy atom. The van der Waals surface area contributed by atoms with Gasteiger partial charge in [0.1, 0.15) is 0 Å². The molecule has 2 aromatic rings. The SMILES string of the molecule is C[C@H](NCC(=O)Nc1cccc(S(=O)(=O)N2CCCC2)c1)c1ccc2c(c1)CCCC2. The third-order valence-corrected chi connectivity index (χ3v) is 8.16. The quantitative estimate of drug-likeness (QED) is 0.688. The van der Waals surface area contributed by atoms with Crippen LogP contribution < -0.4 is 10.6 Å². The summed E-state index contributed by atoms with van der Waals surface area (Å²) in [4.78, 5) is 12.7. The number of sulfonamides is 1. The van der Waals surface area contributed by atoms with Crippen molar-refractivity contribution in [1.29, 1.82) is 0 Å². The molecule has 31 heavy (non-hydrogen) atoms. The number of rotatable bonds is 7. The zero-order valence-electron chi connectivity index (χ0n) is 18.1. The van der Waals surface area contributed by atoms with E-state index < -0.39 is 10.0 Å². The molecule has 4 rings (SSSR count). The number of nitrogens with zero attached hydrogens (tertiary/aromatic N) is 1. The van der Waals surface area contributed by atoms with Crippen LogP contribution in [0.2, 0.25) is 0 Å². The minimum Gasteiger partial charge on any atom is -0.325 e. The molecule has 1 aliphatic carbocycles. The summed E-state index contributed by atoms with van der Waals surface area (Å²) in [6, 6.07) is 13.2. The van der Waals surface area contributed by atoms with Crippen LogP contribution in [0.3, 0.4) is 0 Å². The number of carbonyl (C=O) groups is 1. The van der Waals surface area contributed by atoms with Crippen LogP contribution in [0.1, 0.15) is 55.3 Å². The fourth-order valence-electron chi connectivity index (χ4n) is 4.40. The average Bonchev–Trinajstić information content (AvgIpc) is 3.33. The Hall–Kier alpha value is -2.22. The molecule has 1 aliphatic heterocycles. The first-order chi connectivity index (χ1) is 14.9. The smallest absolute Gasteiger partial charge is 0.243 e. The maximum Gasteiger partial charge on any atom is 0.243 e. The lowest BCUT2D eigenvalue weighted by molar-refractivity contribution is -0.115. The number of anilines is 1. The van der Waals surface area contributed by atoms with Crippen LogP contribution in [-0.4, -0.2) is 38.3 Å². The summed E-state index contributed by atoms with van der Waals surface area (Å²) in [5.41, 5.74) is 4.56. The average molecular weight is 442 g/mol. The van der Waals surface area contributed by atoms with Crippen LogP contribution in [0.15, 0.2) is 47.4 Å². The Bertz CT molecular complexity index is 1050. The van der Waals surface area contributed by atoms with Crippen molar-refractivity contribution in [3.63, 3.8) is 0 Å². The van der Waals surface area contributed by atoms with Gasteiger partial charge < -0.3 is 10.6 Å². The molecule has 0 spiro atoms. The highest BCUT2D eigenvalue weighted by Gasteiger charge is 2.27. The van der Waals surface area contributed by atoms with E-state index in [1.165, 1.54) is 33.8 Å². The second-order valence-corrected chi connectivity index (χ2v) is 10.5. The summed E-state index contributed by atoms with van der Waals surface area (Å²) < 4.78 is 27.0. The van der Waals surface area contributed by atoms with Gasteiger partial charge in [0, 0.05) is 24.8 Å². The third kappa shape index (κ3) is 5.17. The highest BCUT2D eigenvalue weighted by molar-refractivity contribution is 7.89. The summed E-state index contributed by atoms with van der Waals surface area (Å²) in [7, 11) is -3.50. The first kappa shape index (κ1) is 22.0. The Morgan fingerprint density at radius 2 is 1.74 bits per heavy atom. The lowest BCUT2D eigenvalue weighted by atomic mass is 9.89. The number of amides is 1. The molecular formula is C24H31N3O3S. The van der Waals surface area contributed by atoms with Crippen molar-refractivity contribution in [3.05, 3.63) is 59.2 Å². The molecule has 2 aromatic carbocycles. The van der Waals surface area contributed by atoms with Crippen molar-refractivity contribution in [2.75, 3.05) is 25.0 Å². The van der Waals surface area contributed by atoms with Gasteiger partial charge in [-0.25, -0.2) is 8.42 Å². The van der Waals surface area contributed by atoms with Gasteiger partial charge in [0.05, 0.1) is 11.4 Å². The van der Waals surface area contributed by atoms with Gasteiger partial charge in [0.2, 0.25) is 15.9 Å². The summed E-state index contributed by atoms with van der Waals surface area (Å²) in [6.45, 7) is 3.33. The van der Waals surface area contributed by atoms with Crippen molar-refractivity contribution in [1.82, 2.24) is 9.62 Å². The van der Waals surface area contributed by atoms with Crippen molar-refractivity contribution in [2.24, 2.45) is 0 Å². The van der Waals surface area contributed by atoms with E-state index in [4.69, 9.17) is 0 Å². The summed E-state index contributed by atoms with van der Waals surface area (Å²) in [5.74, 6) is -0.194. The van der Waals surface area contributed by atoms with Crippen LogP contribution >= 0.6 is 0 Å². The maximum absolute atomic E-state index is 12.7. The van der Waals surface area contributed by atoms with Gasteiger partial charge in [-0.3, -0.25) is 4.79 Å². The predicted molar refractivity (Wildman–Crippen MR) is 123 cm³/mol. The third-order valence-electron chi connectivity index (χ3n) is 6.26. The highest BCUT2D eigenvalue weighted by Crippen LogP contribution is 2.25. The molecule has 0 aromatic heterocycles. The van der Waals surface area contributed by atoms with E-state index >= 15 is 0 Å². The molecular weight excluding hydrogens is 410 g/mol. The first-order valence-electron chi connectivity index (χ1n) is 11.2. The zero-order chi connectivity index (χ0) is 21.8. The molecule has 0 saturated carbocycles. The van der Waals surface area contributed by atoms with E-state index in [1.54, 1.807) is 24.3 Å². The highest BCUT2D eigenvalue weighted by atomic mass is 32.2. The molecule has 2 N–H and O–H groups in total. The van der Waals surface area contributed by atoms with Crippen LogP contribution in [0.5, 0.6) is 0 Å². The first-order valence-corrected chi connectivity index (χ1v) is 12.6. The lowest BCUT2D eigenvalue weighted by Crippen LogP contribution is -2.30. The fraction of sp³-hybridized carbons (Fsp3) is 0.458. The molecule has 0 bridgehead atoms. The van der Waals surface area contributed by atoms with Gasteiger partial charge in [0.25, 0.3) is 0 Å². The second-order valence-electron chi connectivity index (χ2n) is 8.53. The van der Waals surface area contributed by atoms with Gasteiger partial charge in [-0.05, 0) is 80.3 Å². The van der Waals surface area contributed by atoms with Crippen LogP contribution in [0.25, 0.3) is 0 Å². The topological polar surface area (TPSA) is 78.5 Å². The van der Waals surface area contributed by atoms with Gasteiger partial charge in [-0.15, -0.1) is 0 Å². The van der Waals surface area contributed by atoms with Crippen molar-refractivity contribution in [2.45, 2.75) is 56.4 Å². The lowest BCUT2D eigenvalue weighted by Gasteiger charge is -2.20. The van der Waals surface area contributed by atoms with E-state index in [1.807, 2.05) is 0 Å². The van der Waals surface area contributed by atoms with E-state index in [-0.39, 0.29) is 23.4 Å². The second kappa shape index (κ2) is 9.51. The minimum atomic E-state index is -3.50. The number of hydrogen-bond acceptors (Lipinski definition) is 4. The summed E-state index contributed by atoms with van der Waals surface area (Å²) >= 11 is 0. The molecule has 6 nitrogen and oxygen atoms in total. The molecule has 1 amide bonds. The molecule has 1 saturated heterocycles. The molecule has 2 aliphatic rings. The van der Waals surface area contributed by atoms with Crippen LogP contribution in [0, 0.1) is 0 Å². The minimum absolute atomic E-state index is 0.0554. The number of benzene rings is 2. The van der Waals surface area contributed by atoms with Gasteiger partial charge >= 0.3 is 0 Å². The summed E-state index contributed by atoms with van der Waals surface area (Å²) in [5, 5.41) is 6.09. The largest absolute Gasteiger partial charge is 0.325 e. The molecule has 7 heteroatoms. The summed E-state index contributed by atoms with van der Waals surface area (Å²) in [6.07, 6.45) is 6.58. The Morgan fingerprint density at radius 3 is 2.52 bits per heavy atom. The predicted octanol–water partition coefficient (Wildman–Crippen LogP) is 3.64. The Balaban J connectivity index is 1.35. The van der Waals surface area contributed by atoms with E-state index in [2.05, 4.69) is 35.8 Å². The standard InChI is InChI=1S/C24H31N3O3S/c1-18(20-12-11-19-7-2-3-8-21(19)15-20)25-17-24(28)26-22-9-6-10-23(16-22)31(29,30)27-13-4-5-14-27/h6,9-12,15-16,18,25H,2-5,7-8,13-14,17H2,1H3,(H,26,28)/t18-/m0/s1. The molecule has 166 valence electrons. The van der Waals surface area contributed by atoms with E-state index in [9.17, 15) is 13.2 Å². The monoisotopic (exact) mass is 441 g/mol. The number of carbonyl (C=O) groups excluding carboxylic acids is 1. The fourth-order valence-corrected chi connectivity index (χ4v) is 5.97. The van der Waals surface area contributed by atoms with Crippen LogP contribution in [-0.2, 0) is 27.7 Å². The van der Waals surface area contributed by atoms with Crippen molar-refractivity contribution in [3.8, 4) is 0 Å². The van der Waals surface area contributed by atoms with E-state index in [0.29, 0.717) is 18.8 Å². The molecule has 0 radical (unpaired) electrons. The van der Waals surface area contributed by atoms with Crippen LogP contribution in [0.4, 0.5) is 5.69 Å². The number of aryl methyl sites for hydroxylation is 2. The van der Waals surface area contributed by atoms with Gasteiger partial charge in [-0.2, -0.15) is 4.31 Å². The number of nitrogens with one attached hydrogen (secondary N) is 2. The number of fused-ring (bicyclic) bond motifs is 1. The Labute approximate surface area is 185 Å². The van der Waals surface area contributed by atoms with Gasteiger partial charge in [-0.1, -0.05) is 24.3 Å². The van der Waals surface area contributed by atoms with E-state index in [0.717, 1.165) is 25.7 Å². The Kier molecular flexibility index (Phi) is 6.74. The van der Waals surface area contributed by atoms with Crippen molar-refractivity contribution >= 4 is 21.6 Å². The van der Waals surface area contributed by atoms with Crippen molar-refractivity contribution < 1.29 is 13.2 Å². The zero-order valence-corrected chi connectivity index (χ0v) is 18.9. The molecule has 0 unspecified atom stereocenters. The normalized spacial score (nSPS) is 17.8. The maximum atomic E-state index is 12.7. The van der Waals surface area contributed by atoms with Gasteiger partial charge in [0.15, 0.2) is 0 Å².